The Kier molecular flexibility index (Phi) is 6.96. The summed E-state index contributed by atoms with van der Waals surface area (Å²) in [7, 11) is 0. The second-order valence-corrected chi connectivity index (χ2v) is 7.15. The highest BCUT2D eigenvalue weighted by atomic mass is 32.2. The lowest BCUT2D eigenvalue weighted by Gasteiger charge is -2.07. The standard InChI is InChI=1S/C22H24N2OS/c1-2-3-17-25-20-8-12-22(13-9-20)26-21-10-6-19(7-11-21)5-4-15-24-16-14-23-18-24/h4-14,16,18H,2-3,15,17H2,1H3. The Morgan fingerprint density at radius 1 is 1.04 bits per heavy atom. The van der Waals surface area contributed by atoms with Gasteiger partial charge in [0.05, 0.1) is 12.9 Å². The lowest BCUT2D eigenvalue weighted by atomic mass is 10.2. The Balaban J connectivity index is 1.51. The van der Waals surface area contributed by atoms with E-state index in [-0.39, 0.29) is 0 Å². The monoisotopic (exact) mass is 364 g/mol. The van der Waals surface area contributed by atoms with Crippen molar-refractivity contribution in [3.05, 3.63) is 78.9 Å². The van der Waals surface area contributed by atoms with E-state index in [4.69, 9.17) is 4.74 Å². The summed E-state index contributed by atoms with van der Waals surface area (Å²) in [5.74, 6) is 0.946. The van der Waals surface area contributed by atoms with Crippen LogP contribution in [0.3, 0.4) is 0 Å². The molecule has 3 aromatic rings. The van der Waals surface area contributed by atoms with Crippen LogP contribution in [0.15, 0.2) is 83.1 Å². The fourth-order valence-corrected chi connectivity index (χ4v) is 3.24. The van der Waals surface area contributed by atoms with Gasteiger partial charge in [0, 0.05) is 28.7 Å². The molecule has 0 aliphatic rings. The van der Waals surface area contributed by atoms with Gasteiger partial charge in [0.1, 0.15) is 5.75 Å². The van der Waals surface area contributed by atoms with Crippen LogP contribution < -0.4 is 4.74 Å². The smallest absolute Gasteiger partial charge is 0.119 e. The Morgan fingerprint density at radius 2 is 1.77 bits per heavy atom. The van der Waals surface area contributed by atoms with Crippen molar-refractivity contribution in [1.82, 2.24) is 9.55 Å². The van der Waals surface area contributed by atoms with Gasteiger partial charge in [-0.2, -0.15) is 0 Å². The molecule has 0 aliphatic heterocycles. The van der Waals surface area contributed by atoms with Crippen LogP contribution in [-0.2, 0) is 6.54 Å². The van der Waals surface area contributed by atoms with E-state index in [2.05, 4.69) is 60.5 Å². The first kappa shape index (κ1) is 18.3. The summed E-state index contributed by atoms with van der Waals surface area (Å²) in [6.45, 7) is 3.80. The third-order valence-electron chi connectivity index (χ3n) is 3.89. The SMILES string of the molecule is CCCCOc1ccc(Sc2ccc(C=CCn3ccnc3)cc2)cc1. The van der Waals surface area contributed by atoms with Crippen LogP contribution in [-0.4, -0.2) is 16.2 Å². The molecule has 2 aromatic carbocycles. The number of allylic oxidation sites excluding steroid dienone is 1. The van der Waals surface area contributed by atoms with Crippen molar-refractivity contribution in [2.24, 2.45) is 0 Å². The minimum Gasteiger partial charge on any atom is -0.494 e. The highest BCUT2D eigenvalue weighted by Crippen LogP contribution is 2.29. The minimum absolute atomic E-state index is 0.790. The zero-order valence-electron chi connectivity index (χ0n) is 15.0. The minimum atomic E-state index is 0.790. The summed E-state index contributed by atoms with van der Waals surface area (Å²) in [5, 5.41) is 0. The summed E-state index contributed by atoms with van der Waals surface area (Å²) in [5.41, 5.74) is 1.20. The van der Waals surface area contributed by atoms with E-state index in [0.717, 1.165) is 31.7 Å². The van der Waals surface area contributed by atoms with E-state index < -0.39 is 0 Å². The lowest BCUT2D eigenvalue weighted by molar-refractivity contribution is 0.309. The van der Waals surface area contributed by atoms with Crippen molar-refractivity contribution in [3.63, 3.8) is 0 Å². The predicted octanol–water partition coefficient (Wildman–Crippen LogP) is 5.93. The quantitative estimate of drug-likeness (QED) is 0.441. The molecule has 0 amide bonds. The molecule has 1 heterocycles. The molecule has 134 valence electrons. The summed E-state index contributed by atoms with van der Waals surface area (Å²) < 4.78 is 7.75. The molecule has 0 saturated heterocycles. The topological polar surface area (TPSA) is 27.1 Å². The Labute approximate surface area is 159 Å². The molecule has 0 saturated carbocycles. The highest BCUT2D eigenvalue weighted by molar-refractivity contribution is 7.99. The molecule has 0 atom stereocenters. The first-order valence-corrected chi connectivity index (χ1v) is 9.78. The normalized spacial score (nSPS) is 11.1. The fourth-order valence-electron chi connectivity index (χ4n) is 2.43. The van der Waals surface area contributed by atoms with Crippen molar-refractivity contribution in [1.29, 1.82) is 0 Å². The molecule has 4 heteroatoms. The molecule has 1 aromatic heterocycles. The number of ether oxygens (including phenoxy) is 1. The maximum absolute atomic E-state index is 5.71. The molecule has 3 rings (SSSR count). The number of hydrogen-bond acceptors (Lipinski definition) is 3. The summed E-state index contributed by atoms with van der Waals surface area (Å²) in [6, 6.07) is 16.9. The number of unbranched alkanes of at least 4 members (excludes halogenated alkanes) is 1. The molecule has 0 unspecified atom stereocenters. The summed E-state index contributed by atoms with van der Waals surface area (Å²) in [4.78, 5) is 6.49. The van der Waals surface area contributed by atoms with Crippen LogP contribution in [0.25, 0.3) is 6.08 Å². The van der Waals surface area contributed by atoms with Gasteiger partial charge in [0.25, 0.3) is 0 Å². The summed E-state index contributed by atoms with van der Waals surface area (Å²) in [6.07, 6.45) is 12.1. The van der Waals surface area contributed by atoms with E-state index in [1.807, 2.05) is 29.2 Å². The van der Waals surface area contributed by atoms with Crippen LogP contribution >= 0.6 is 11.8 Å². The van der Waals surface area contributed by atoms with E-state index in [1.54, 1.807) is 18.0 Å². The number of aromatic nitrogens is 2. The maximum atomic E-state index is 5.71. The highest BCUT2D eigenvalue weighted by Gasteiger charge is 1.99. The Bertz CT molecular complexity index is 793. The molecule has 26 heavy (non-hydrogen) atoms. The molecular weight excluding hydrogens is 340 g/mol. The van der Waals surface area contributed by atoms with Crippen LogP contribution in [0.2, 0.25) is 0 Å². The Hall–Kier alpha value is -2.46. The van der Waals surface area contributed by atoms with Crippen molar-refractivity contribution < 1.29 is 4.74 Å². The molecule has 0 bridgehead atoms. The van der Waals surface area contributed by atoms with Gasteiger partial charge in [-0.15, -0.1) is 0 Å². The van der Waals surface area contributed by atoms with E-state index >= 15 is 0 Å². The van der Waals surface area contributed by atoms with E-state index in [9.17, 15) is 0 Å². The number of rotatable bonds is 9. The third kappa shape index (κ3) is 5.81. The van der Waals surface area contributed by atoms with Gasteiger partial charge in [-0.05, 0) is 48.4 Å². The van der Waals surface area contributed by atoms with Crippen LogP contribution in [0.5, 0.6) is 5.75 Å². The van der Waals surface area contributed by atoms with Gasteiger partial charge in [-0.1, -0.05) is 49.4 Å². The second-order valence-electron chi connectivity index (χ2n) is 6.01. The van der Waals surface area contributed by atoms with Gasteiger partial charge in [0.2, 0.25) is 0 Å². The van der Waals surface area contributed by atoms with Gasteiger partial charge in [-0.25, -0.2) is 4.98 Å². The lowest BCUT2D eigenvalue weighted by Crippen LogP contribution is -1.95. The van der Waals surface area contributed by atoms with Crippen molar-refractivity contribution in [2.45, 2.75) is 36.1 Å². The molecular formula is C22H24N2OS. The average Bonchev–Trinajstić information content (AvgIpc) is 3.18. The molecule has 0 radical (unpaired) electrons. The molecule has 0 spiro atoms. The van der Waals surface area contributed by atoms with Crippen LogP contribution in [0.1, 0.15) is 25.3 Å². The molecule has 0 N–H and O–H groups in total. The number of hydrogen-bond donors (Lipinski definition) is 0. The van der Waals surface area contributed by atoms with Crippen molar-refractivity contribution in [2.75, 3.05) is 6.61 Å². The van der Waals surface area contributed by atoms with Crippen LogP contribution in [0.4, 0.5) is 0 Å². The molecule has 0 aliphatic carbocycles. The number of imidazole rings is 1. The van der Waals surface area contributed by atoms with E-state index in [1.165, 1.54) is 15.4 Å². The first-order valence-electron chi connectivity index (χ1n) is 8.96. The second kappa shape index (κ2) is 9.88. The van der Waals surface area contributed by atoms with Crippen molar-refractivity contribution >= 4 is 17.8 Å². The summed E-state index contributed by atoms with van der Waals surface area (Å²) >= 11 is 1.76. The number of benzene rings is 2. The van der Waals surface area contributed by atoms with Crippen molar-refractivity contribution in [3.8, 4) is 5.75 Å². The molecule has 3 nitrogen and oxygen atoms in total. The van der Waals surface area contributed by atoms with Gasteiger partial charge >= 0.3 is 0 Å². The van der Waals surface area contributed by atoms with Gasteiger partial charge in [-0.3, -0.25) is 0 Å². The average molecular weight is 365 g/mol. The first-order chi connectivity index (χ1) is 12.8. The fraction of sp³-hybridized carbons (Fsp3) is 0.227. The van der Waals surface area contributed by atoms with Crippen LogP contribution in [0, 0.1) is 0 Å². The zero-order valence-corrected chi connectivity index (χ0v) is 15.9. The van der Waals surface area contributed by atoms with Gasteiger partial charge in [0.15, 0.2) is 0 Å². The Morgan fingerprint density at radius 3 is 2.42 bits per heavy atom. The van der Waals surface area contributed by atoms with E-state index in [0.29, 0.717) is 0 Å². The zero-order chi connectivity index (χ0) is 18.0. The predicted molar refractivity (Wildman–Crippen MR) is 109 cm³/mol. The third-order valence-corrected chi connectivity index (χ3v) is 4.91. The number of nitrogens with zero attached hydrogens (tertiary/aromatic N) is 2. The molecule has 0 fully saturated rings. The van der Waals surface area contributed by atoms with Gasteiger partial charge < -0.3 is 9.30 Å². The maximum Gasteiger partial charge on any atom is 0.119 e. The largest absolute Gasteiger partial charge is 0.494 e.